The summed E-state index contributed by atoms with van der Waals surface area (Å²) in [5.74, 6) is -4.06. The smallest absolute Gasteiger partial charge is 0.302 e. The van der Waals surface area contributed by atoms with E-state index in [9.17, 15) is 13.6 Å². The Morgan fingerprint density at radius 3 is 2.46 bits per heavy atom. The third-order valence-corrected chi connectivity index (χ3v) is 2.42. The monoisotopic (exact) mass is 192 g/mol. The average Bonchev–Trinajstić information content (AvgIpc) is 2.53. The molecule has 0 aromatic heterocycles. The van der Waals surface area contributed by atoms with Gasteiger partial charge in [-0.3, -0.25) is 4.79 Å². The van der Waals surface area contributed by atoms with Crippen molar-refractivity contribution in [3.8, 4) is 0 Å². The first-order valence-electron chi connectivity index (χ1n) is 4.53. The molecule has 0 amide bonds. The van der Waals surface area contributed by atoms with E-state index in [-0.39, 0.29) is 0 Å². The fraction of sp³-hybridized carbons (Fsp3) is 0.889. The van der Waals surface area contributed by atoms with Crippen molar-refractivity contribution in [2.75, 3.05) is 6.61 Å². The van der Waals surface area contributed by atoms with Crippen molar-refractivity contribution in [2.24, 2.45) is 5.92 Å². The molecule has 0 saturated heterocycles. The quantitative estimate of drug-likeness (QED) is 0.642. The van der Waals surface area contributed by atoms with Gasteiger partial charge in [0.15, 0.2) is 6.61 Å². The number of halogens is 2. The molecule has 0 N–H and O–H groups in total. The van der Waals surface area contributed by atoms with Crippen molar-refractivity contribution in [3.05, 3.63) is 0 Å². The van der Waals surface area contributed by atoms with Crippen LogP contribution in [-0.2, 0) is 9.53 Å². The summed E-state index contributed by atoms with van der Waals surface area (Å²) in [7, 11) is 0. The zero-order valence-corrected chi connectivity index (χ0v) is 7.69. The van der Waals surface area contributed by atoms with Gasteiger partial charge in [0.1, 0.15) is 0 Å². The fourth-order valence-electron chi connectivity index (χ4n) is 1.66. The standard InChI is InChI=1S/C9H14F2O2/c1-7(12)13-6-9(10,11)8-4-2-3-5-8/h8H,2-6H2,1H3. The normalized spacial score (nSPS) is 19.0. The van der Waals surface area contributed by atoms with Crippen LogP contribution in [0.5, 0.6) is 0 Å². The van der Waals surface area contributed by atoms with Gasteiger partial charge in [-0.1, -0.05) is 12.8 Å². The molecule has 13 heavy (non-hydrogen) atoms. The maximum absolute atomic E-state index is 13.2. The summed E-state index contributed by atoms with van der Waals surface area (Å²) in [6.45, 7) is 0.387. The lowest BCUT2D eigenvalue weighted by Gasteiger charge is -2.21. The van der Waals surface area contributed by atoms with Gasteiger partial charge in [-0.25, -0.2) is 8.78 Å². The third-order valence-electron chi connectivity index (χ3n) is 2.42. The molecule has 0 heterocycles. The summed E-state index contributed by atoms with van der Waals surface area (Å²) < 4.78 is 30.8. The number of hydrogen-bond donors (Lipinski definition) is 0. The Morgan fingerprint density at radius 2 is 2.00 bits per heavy atom. The van der Waals surface area contributed by atoms with Crippen molar-refractivity contribution >= 4 is 5.97 Å². The molecule has 0 radical (unpaired) electrons. The second-order valence-electron chi connectivity index (χ2n) is 3.52. The molecule has 0 aliphatic heterocycles. The summed E-state index contributed by atoms with van der Waals surface area (Å²) in [5.41, 5.74) is 0. The van der Waals surface area contributed by atoms with Crippen molar-refractivity contribution < 1.29 is 18.3 Å². The number of esters is 1. The number of hydrogen-bond acceptors (Lipinski definition) is 2. The molecule has 0 atom stereocenters. The molecule has 1 fully saturated rings. The highest BCUT2D eigenvalue weighted by Gasteiger charge is 2.41. The van der Waals surface area contributed by atoms with Gasteiger partial charge in [0.05, 0.1) is 0 Å². The Balaban J connectivity index is 2.39. The predicted octanol–water partition coefficient (Wildman–Crippen LogP) is 2.38. The highest BCUT2D eigenvalue weighted by atomic mass is 19.3. The lowest BCUT2D eigenvalue weighted by atomic mass is 10.0. The molecule has 1 rings (SSSR count). The van der Waals surface area contributed by atoms with Crippen molar-refractivity contribution in [2.45, 2.75) is 38.5 Å². The minimum absolute atomic E-state index is 0.550. The summed E-state index contributed by atoms with van der Waals surface area (Å²) in [4.78, 5) is 10.3. The van der Waals surface area contributed by atoms with E-state index in [2.05, 4.69) is 4.74 Å². The van der Waals surface area contributed by atoms with E-state index < -0.39 is 24.4 Å². The Labute approximate surface area is 76.3 Å². The van der Waals surface area contributed by atoms with Gasteiger partial charge in [0.2, 0.25) is 0 Å². The van der Waals surface area contributed by atoms with E-state index in [1.807, 2.05) is 0 Å². The molecule has 4 heteroatoms. The Bertz CT molecular complexity index is 186. The molecule has 1 aliphatic carbocycles. The van der Waals surface area contributed by atoms with Crippen LogP contribution in [0.1, 0.15) is 32.6 Å². The first-order valence-corrected chi connectivity index (χ1v) is 4.53. The van der Waals surface area contributed by atoms with Gasteiger partial charge in [0, 0.05) is 12.8 Å². The van der Waals surface area contributed by atoms with E-state index in [0.717, 1.165) is 19.8 Å². The topological polar surface area (TPSA) is 26.3 Å². The first-order chi connectivity index (χ1) is 6.02. The van der Waals surface area contributed by atoms with Crippen molar-refractivity contribution in [1.82, 2.24) is 0 Å². The summed E-state index contributed by atoms with van der Waals surface area (Å²) in [6.07, 6.45) is 2.82. The Morgan fingerprint density at radius 1 is 1.46 bits per heavy atom. The van der Waals surface area contributed by atoms with Crippen molar-refractivity contribution in [3.63, 3.8) is 0 Å². The van der Waals surface area contributed by atoms with Crippen molar-refractivity contribution in [1.29, 1.82) is 0 Å². The van der Waals surface area contributed by atoms with Gasteiger partial charge >= 0.3 is 5.97 Å². The summed E-state index contributed by atoms with van der Waals surface area (Å²) >= 11 is 0. The maximum atomic E-state index is 13.2. The number of carbonyl (C=O) groups excluding carboxylic acids is 1. The van der Waals surface area contributed by atoms with Gasteiger partial charge in [-0.15, -0.1) is 0 Å². The predicted molar refractivity (Wildman–Crippen MR) is 43.5 cm³/mol. The van der Waals surface area contributed by atoms with Gasteiger partial charge in [0.25, 0.3) is 5.92 Å². The van der Waals surface area contributed by atoms with Gasteiger partial charge in [-0.2, -0.15) is 0 Å². The largest absolute Gasteiger partial charge is 0.459 e. The van der Waals surface area contributed by atoms with Gasteiger partial charge in [-0.05, 0) is 12.8 Å². The lowest BCUT2D eigenvalue weighted by Crippen LogP contribution is -2.32. The minimum Gasteiger partial charge on any atom is -0.459 e. The number of carbonyl (C=O) groups is 1. The zero-order valence-electron chi connectivity index (χ0n) is 7.69. The fourth-order valence-corrected chi connectivity index (χ4v) is 1.66. The number of rotatable bonds is 3. The van der Waals surface area contributed by atoms with Crippen LogP contribution in [0.4, 0.5) is 8.78 Å². The Hall–Kier alpha value is -0.670. The van der Waals surface area contributed by atoms with E-state index in [1.165, 1.54) is 0 Å². The Kier molecular flexibility index (Phi) is 3.22. The van der Waals surface area contributed by atoms with E-state index in [0.29, 0.717) is 12.8 Å². The third kappa shape index (κ3) is 2.94. The molecule has 0 bridgehead atoms. The minimum atomic E-state index is -2.83. The molecule has 1 saturated carbocycles. The van der Waals surface area contributed by atoms with Crippen LogP contribution >= 0.6 is 0 Å². The number of ether oxygens (including phenoxy) is 1. The molecule has 2 nitrogen and oxygen atoms in total. The van der Waals surface area contributed by atoms with Crippen LogP contribution in [0.3, 0.4) is 0 Å². The average molecular weight is 192 g/mol. The SMILES string of the molecule is CC(=O)OCC(F)(F)C1CCCC1. The van der Waals surface area contributed by atoms with E-state index in [1.54, 1.807) is 0 Å². The van der Waals surface area contributed by atoms with Crippen LogP contribution in [0.2, 0.25) is 0 Å². The molecule has 76 valence electrons. The van der Waals surface area contributed by atoms with Crippen LogP contribution in [0.25, 0.3) is 0 Å². The maximum Gasteiger partial charge on any atom is 0.302 e. The molecule has 0 aromatic rings. The molecule has 0 spiro atoms. The first kappa shape index (κ1) is 10.4. The summed E-state index contributed by atoms with van der Waals surface area (Å²) in [6, 6.07) is 0. The lowest BCUT2D eigenvalue weighted by molar-refractivity contribution is -0.159. The van der Waals surface area contributed by atoms with Crippen LogP contribution in [0, 0.1) is 5.92 Å². The van der Waals surface area contributed by atoms with Crippen LogP contribution in [-0.4, -0.2) is 18.5 Å². The van der Waals surface area contributed by atoms with Crippen LogP contribution < -0.4 is 0 Å². The second kappa shape index (κ2) is 4.03. The molecular formula is C9H14F2O2. The molecule has 1 aliphatic rings. The highest BCUT2D eigenvalue weighted by Crippen LogP contribution is 2.37. The number of alkyl halides is 2. The molecular weight excluding hydrogens is 178 g/mol. The second-order valence-corrected chi connectivity index (χ2v) is 3.52. The highest BCUT2D eigenvalue weighted by molar-refractivity contribution is 5.65. The molecule has 0 unspecified atom stereocenters. The van der Waals surface area contributed by atoms with Gasteiger partial charge < -0.3 is 4.74 Å². The summed E-state index contributed by atoms with van der Waals surface area (Å²) in [5, 5.41) is 0. The van der Waals surface area contributed by atoms with Crippen LogP contribution in [0.15, 0.2) is 0 Å². The van der Waals surface area contributed by atoms with E-state index in [4.69, 9.17) is 0 Å². The van der Waals surface area contributed by atoms with E-state index >= 15 is 0 Å². The molecule has 0 aromatic carbocycles. The zero-order chi connectivity index (χ0) is 9.90.